The third-order valence-electron chi connectivity index (χ3n) is 2.41. The number of benzene rings is 1. The van der Waals surface area contributed by atoms with Crippen molar-refractivity contribution >= 4 is 17.4 Å². The number of imide groups is 1. The van der Waals surface area contributed by atoms with Crippen LogP contribution in [0.4, 0.5) is 0 Å². The predicted molar refractivity (Wildman–Crippen MR) is 56.8 cm³/mol. The van der Waals surface area contributed by atoms with E-state index in [1.165, 1.54) is 11.0 Å². The monoisotopic (exact) mass is 201 g/mol. The molecule has 1 aliphatic rings. The molecule has 0 saturated carbocycles. The predicted octanol–water partition coefficient (Wildman–Crippen LogP) is 1.46. The molecule has 3 heteroatoms. The molecule has 2 rings (SSSR count). The Bertz CT molecular complexity index is 434. The largest absolute Gasteiger partial charge is 0.275 e. The topological polar surface area (TPSA) is 37.4 Å². The van der Waals surface area contributed by atoms with E-state index in [0.717, 1.165) is 5.56 Å². The van der Waals surface area contributed by atoms with Crippen molar-refractivity contribution in [1.82, 2.24) is 4.90 Å². The molecule has 76 valence electrons. The van der Waals surface area contributed by atoms with Gasteiger partial charge in [0.15, 0.2) is 0 Å². The first-order valence-corrected chi connectivity index (χ1v) is 4.87. The Morgan fingerprint density at radius 1 is 1.13 bits per heavy atom. The molecule has 0 N–H and O–H groups in total. The molecular weight excluding hydrogens is 190 g/mol. The van der Waals surface area contributed by atoms with Crippen LogP contribution in [0.15, 0.2) is 36.4 Å². The lowest BCUT2D eigenvalue weighted by atomic mass is 10.1. The van der Waals surface area contributed by atoms with Gasteiger partial charge in [0.1, 0.15) is 0 Å². The highest BCUT2D eigenvalue weighted by atomic mass is 16.2. The van der Waals surface area contributed by atoms with E-state index in [9.17, 15) is 9.59 Å². The minimum atomic E-state index is -0.221. The van der Waals surface area contributed by atoms with Crippen LogP contribution in [0.2, 0.25) is 0 Å². The van der Waals surface area contributed by atoms with Crippen molar-refractivity contribution in [1.29, 1.82) is 0 Å². The molecule has 0 fully saturated rings. The van der Waals surface area contributed by atoms with Gasteiger partial charge >= 0.3 is 0 Å². The molecule has 0 radical (unpaired) electrons. The van der Waals surface area contributed by atoms with Gasteiger partial charge in [0.25, 0.3) is 11.8 Å². The lowest BCUT2D eigenvalue weighted by molar-refractivity contribution is -0.136. The molecule has 0 aromatic heterocycles. The van der Waals surface area contributed by atoms with Crippen LogP contribution in [0.5, 0.6) is 0 Å². The number of carbonyl (C=O) groups excluding carboxylic acids is 2. The zero-order valence-corrected chi connectivity index (χ0v) is 8.43. The first kappa shape index (κ1) is 9.65. The molecule has 0 bridgehead atoms. The van der Waals surface area contributed by atoms with Crippen LogP contribution in [0.3, 0.4) is 0 Å². The number of rotatable bonds is 2. The standard InChI is InChI=1S/C12H11NO2/c1-2-13-11(14)8-10(12(13)15)9-6-4-3-5-7-9/h3-8H,2H2,1H3. The highest BCUT2D eigenvalue weighted by Gasteiger charge is 2.29. The average molecular weight is 201 g/mol. The van der Waals surface area contributed by atoms with Crippen LogP contribution < -0.4 is 0 Å². The van der Waals surface area contributed by atoms with Crippen molar-refractivity contribution in [3.05, 3.63) is 42.0 Å². The zero-order valence-electron chi connectivity index (χ0n) is 8.43. The second-order valence-corrected chi connectivity index (χ2v) is 3.31. The minimum Gasteiger partial charge on any atom is -0.275 e. The van der Waals surface area contributed by atoms with E-state index in [1.54, 1.807) is 6.92 Å². The van der Waals surface area contributed by atoms with Gasteiger partial charge in [-0.15, -0.1) is 0 Å². The molecule has 0 saturated heterocycles. The van der Waals surface area contributed by atoms with Crippen molar-refractivity contribution in [3.8, 4) is 0 Å². The second kappa shape index (κ2) is 3.69. The maximum atomic E-state index is 11.8. The molecule has 2 amide bonds. The summed E-state index contributed by atoms with van der Waals surface area (Å²) in [6.07, 6.45) is 1.40. The van der Waals surface area contributed by atoms with Gasteiger partial charge in [0.05, 0.1) is 5.57 Å². The molecule has 1 aliphatic heterocycles. The van der Waals surface area contributed by atoms with E-state index in [0.29, 0.717) is 12.1 Å². The Labute approximate surface area is 88.0 Å². The van der Waals surface area contributed by atoms with Gasteiger partial charge in [-0.2, -0.15) is 0 Å². The van der Waals surface area contributed by atoms with Crippen molar-refractivity contribution in [2.45, 2.75) is 6.92 Å². The third kappa shape index (κ3) is 1.56. The summed E-state index contributed by atoms with van der Waals surface area (Å²) in [4.78, 5) is 24.5. The van der Waals surface area contributed by atoms with Gasteiger partial charge < -0.3 is 0 Å². The van der Waals surface area contributed by atoms with Gasteiger partial charge in [-0.3, -0.25) is 14.5 Å². The van der Waals surface area contributed by atoms with Crippen LogP contribution in [0.1, 0.15) is 12.5 Å². The number of hydrogen-bond donors (Lipinski definition) is 0. The number of likely N-dealkylation sites (N-methyl/N-ethyl adjacent to an activating group) is 1. The lowest BCUT2D eigenvalue weighted by Crippen LogP contribution is -2.30. The van der Waals surface area contributed by atoms with Gasteiger partial charge in [-0.1, -0.05) is 30.3 Å². The number of hydrogen-bond acceptors (Lipinski definition) is 2. The maximum Gasteiger partial charge on any atom is 0.261 e. The fourth-order valence-corrected chi connectivity index (χ4v) is 1.63. The van der Waals surface area contributed by atoms with E-state index >= 15 is 0 Å². The van der Waals surface area contributed by atoms with Crippen LogP contribution in [0, 0.1) is 0 Å². The number of carbonyl (C=O) groups is 2. The smallest absolute Gasteiger partial charge is 0.261 e. The zero-order chi connectivity index (χ0) is 10.8. The number of nitrogens with zero attached hydrogens (tertiary/aromatic N) is 1. The van der Waals surface area contributed by atoms with E-state index < -0.39 is 0 Å². The Balaban J connectivity index is 2.38. The first-order valence-electron chi connectivity index (χ1n) is 4.87. The number of amides is 2. The summed E-state index contributed by atoms with van der Waals surface area (Å²) in [5, 5.41) is 0. The Hall–Kier alpha value is -1.90. The first-order chi connectivity index (χ1) is 7.24. The molecule has 15 heavy (non-hydrogen) atoms. The Kier molecular flexibility index (Phi) is 2.37. The van der Waals surface area contributed by atoms with E-state index in [1.807, 2.05) is 30.3 Å². The van der Waals surface area contributed by atoms with Crippen molar-refractivity contribution in [2.24, 2.45) is 0 Å². The summed E-state index contributed by atoms with van der Waals surface area (Å²) in [6.45, 7) is 2.21. The minimum absolute atomic E-state index is 0.200. The molecule has 1 heterocycles. The van der Waals surface area contributed by atoms with Crippen molar-refractivity contribution < 1.29 is 9.59 Å². The lowest BCUT2D eigenvalue weighted by Gasteiger charge is -2.10. The Morgan fingerprint density at radius 2 is 1.80 bits per heavy atom. The fourth-order valence-electron chi connectivity index (χ4n) is 1.63. The molecule has 0 spiro atoms. The van der Waals surface area contributed by atoms with E-state index in [2.05, 4.69) is 0 Å². The quantitative estimate of drug-likeness (QED) is 0.679. The summed E-state index contributed by atoms with van der Waals surface area (Å²) in [6, 6.07) is 9.24. The molecular formula is C12H11NO2. The molecule has 1 aromatic rings. The summed E-state index contributed by atoms with van der Waals surface area (Å²) in [5.74, 6) is -0.421. The summed E-state index contributed by atoms with van der Waals surface area (Å²) in [7, 11) is 0. The van der Waals surface area contributed by atoms with Gasteiger partial charge in [-0.05, 0) is 12.5 Å². The summed E-state index contributed by atoms with van der Waals surface area (Å²) >= 11 is 0. The van der Waals surface area contributed by atoms with Gasteiger partial charge in [0, 0.05) is 12.6 Å². The fraction of sp³-hybridized carbons (Fsp3) is 0.167. The van der Waals surface area contributed by atoms with Crippen molar-refractivity contribution in [3.63, 3.8) is 0 Å². The van der Waals surface area contributed by atoms with E-state index in [4.69, 9.17) is 0 Å². The molecule has 0 unspecified atom stereocenters. The SMILES string of the molecule is CCN1C(=O)C=C(c2ccccc2)C1=O. The Morgan fingerprint density at radius 3 is 2.33 bits per heavy atom. The average Bonchev–Trinajstić information content (AvgIpc) is 2.55. The summed E-state index contributed by atoms with van der Waals surface area (Å²) in [5.41, 5.74) is 1.29. The molecule has 0 aliphatic carbocycles. The molecule has 1 aromatic carbocycles. The third-order valence-corrected chi connectivity index (χ3v) is 2.41. The van der Waals surface area contributed by atoms with E-state index in [-0.39, 0.29) is 11.8 Å². The normalized spacial score (nSPS) is 15.8. The highest BCUT2D eigenvalue weighted by molar-refractivity contribution is 6.33. The maximum absolute atomic E-state index is 11.8. The van der Waals surface area contributed by atoms with Crippen molar-refractivity contribution in [2.75, 3.05) is 6.54 Å². The van der Waals surface area contributed by atoms with Crippen LogP contribution in [-0.4, -0.2) is 23.3 Å². The van der Waals surface area contributed by atoms with Gasteiger partial charge in [0.2, 0.25) is 0 Å². The molecule has 0 atom stereocenters. The van der Waals surface area contributed by atoms with Crippen LogP contribution >= 0.6 is 0 Å². The van der Waals surface area contributed by atoms with Gasteiger partial charge in [-0.25, -0.2) is 0 Å². The second-order valence-electron chi connectivity index (χ2n) is 3.31. The highest BCUT2D eigenvalue weighted by Crippen LogP contribution is 2.22. The van der Waals surface area contributed by atoms with Crippen LogP contribution in [-0.2, 0) is 9.59 Å². The van der Waals surface area contributed by atoms with Crippen LogP contribution in [0.25, 0.3) is 5.57 Å². The molecule has 3 nitrogen and oxygen atoms in total. The summed E-state index contributed by atoms with van der Waals surface area (Å²) < 4.78 is 0.